The fraction of sp³-hybridized carbons (Fsp3) is 0.500. The molecule has 0 aliphatic carbocycles. The van der Waals surface area contributed by atoms with Gasteiger partial charge in [-0.25, -0.2) is 0 Å². The van der Waals surface area contributed by atoms with Crippen LogP contribution in [0.5, 0.6) is 0 Å². The molecule has 0 aliphatic heterocycles. The molecule has 1 unspecified atom stereocenters. The SMILES string of the molecule is COC(CC(=O)c1ccccc1)C(F)(F)C(F)(F)C(F)(F)C(F)(F)F. The van der Waals surface area contributed by atoms with E-state index < -0.39 is 42.3 Å². The Morgan fingerprint density at radius 2 is 1.40 bits per heavy atom. The van der Waals surface area contributed by atoms with Crippen molar-refractivity contribution < 1.29 is 49.0 Å². The molecule has 0 saturated carbocycles. The highest BCUT2D eigenvalue weighted by molar-refractivity contribution is 5.96. The minimum atomic E-state index is -7.03. The molecule has 0 spiro atoms. The van der Waals surface area contributed by atoms with Crippen molar-refractivity contribution in [3.63, 3.8) is 0 Å². The maximum atomic E-state index is 13.8. The molecule has 11 heteroatoms. The number of methoxy groups -OCH3 is 1. The van der Waals surface area contributed by atoms with Crippen LogP contribution >= 0.6 is 0 Å². The van der Waals surface area contributed by atoms with Gasteiger partial charge in [-0.15, -0.1) is 0 Å². The molecule has 2 nitrogen and oxygen atoms in total. The molecule has 0 aromatic heterocycles. The summed E-state index contributed by atoms with van der Waals surface area (Å²) in [5.74, 6) is -21.0. The van der Waals surface area contributed by atoms with Crippen LogP contribution in [0.4, 0.5) is 39.5 Å². The van der Waals surface area contributed by atoms with Gasteiger partial charge in [0.05, 0.1) is 0 Å². The molecule has 1 atom stereocenters. The number of hydrogen-bond donors (Lipinski definition) is 0. The standard InChI is InChI=1S/C14H11F9O2/c1-25-10(7-9(24)8-5-3-2-4-6-8)11(15,16)12(17,18)13(19,20)14(21,22)23/h2-6,10H,7H2,1H3. The van der Waals surface area contributed by atoms with E-state index in [1.54, 1.807) is 0 Å². The van der Waals surface area contributed by atoms with Gasteiger partial charge >= 0.3 is 23.9 Å². The lowest BCUT2D eigenvalue weighted by atomic mass is 9.94. The molecule has 0 aliphatic rings. The number of rotatable bonds is 7. The second-order valence-corrected chi connectivity index (χ2v) is 4.99. The average Bonchev–Trinajstić information content (AvgIpc) is 2.51. The minimum absolute atomic E-state index is 0.230. The maximum absolute atomic E-state index is 13.8. The van der Waals surface area contributed by atoms with Crippen LogP contribution in [0.25, 0.3) is 0 Å². The first-order chi connectivity index (χ1) is 11.2. The average molecular weight is 382 g/mol. The van der Waals surface area contributed by atoms with E-state index in [-0.39, 0.29) is 5.56 Å². The summed E-state index contributed by atoms with van der Waals surface area (Å²) >= 11 is 0. The second-order valence-electron chi connectivity index (χ2n) is 4.99. The number of Topliss-reactive ketones (excluding diaryl/α,β-unsaturated/α-hetero) is 1. The van der Waals surface area contributed by atoms with Crippen molar-refractivity contribution in [2.45, 2.75) is 36.5 Å². The van der Waals surface area contributed by atoms with Crippen LogP contribution in [0, 0.1) is 0 Å². The lowest BCUT2D eigenvalue weighted by Crippen LogP contribution is -2.64. The fourth-order valence-electron chi connectivity index (χ4n) is 1.86. The van der Waals surface area contributed by atoms with Crippen molar-refractivity contribution in [3.8, 4) is 0 Å². The van der Waals surface area contributed by atoms with Crippen LogP contribution in [0.3, 0.4) is 0 Å². The third kappa shape index (κ3) is 3.75. The van der Waals surface area contributed by atoms with Gasteiger partial charge < -0.3 is 4.74 Å². The summed E-state index contributed by atoms with van der Waals surface area (Å²) in [7, 11) is 0.388. The molecule has 1 rings (SSSR count). The quantitative estimate of drug-likeness (QED) is 0.503. The van der Waals surface area contributed by atoms with E-state index in [0.29, 0.717) is 7.11 Å². The normalized spacial score (nSPS) is 15.1. The lowest BCUT2D eigenvalue weighted by molar-refractivity contribution is -0.406. The molecule has 0 radical (unpaired) electrons. The van der Waals surface area contributed by atoms with Crippen molar-refractivity contribution in [2.24, 2.45) is 0 Å². The van der Waals surface area contributed by atoms with Crippen LogP contribution in [-0.2, 0) is 4.74 Å². The summed E-state index contributed by atoms with van der Waals surface area (Å²) in [5, 5.41) is 0. The number of carbonyl (C=O) groups excluding carboxylic acids is 1. The first-order valence-corrected chi connectivity index (χ1v) is 6.51. The van der Waals surface area contributed by atoms with Gasteiger partial charge in [-0.2, -0.15) is 39.5 Å². The first-order valence-electron chi connectivity index (χ1n) is 6.51. The van der Waals surface area contributed by atoms with Crippen LogP contribution in [0.2, 0.25) is 0 Å². The molecule has 0 amide bonds. The molecule has 0 bridgehead atoms. The summed E-state index contributed by atoms with van der Waals surface area (Å²) in [5.41, 5.74) is -0.230. The topological polar surface area (TPSA) is 26.3 Å². The summed E-state index contributed by atoms with van der Waals surface area (Å²) in [6, 6.07) is 6.29. The van der Waals surface area contributed by atoms with E-state index in [4.69, 9.17) is 0 Å². The van der Waals surface area contributed by atoms with Crippen molar-refractivity contribution in [3.05, 3.63) is 35.9 Å². The molecule has 0 N–H and O–H groups in total. The van der Waals surface area contributed by atoms with Crippen molar-refractivity contribution >= 4 is 5.78 Å². The summed E-state index contributed by atoms with van der Waals surface area (Å²) in [6.45, 7) is 0. The zero-order chi connectivity index (χ0) is 19.7. The summed E-state index contributed by atoms with van der Waals surface area (Å²) in [6.07, 6.45) is -11.7. The molecule has 0 saturated heterocycles. The Hall–Kier alpha value is -1.78. The zero-order valence-electron chi connectivity index (χ0n) is 12.4. The largest absolute Gasteiger partial charge is 0.460 e. The summed E-state index contributed by atoms with van der Waals surface area (Å²) < 4.78 is 120. The van der Waals surface area contributed by atoms with E-state index in [0.717, 1.165) is 12.1 Å². The molecular weight excluding hydrogens is 371 g/mol. The molecule has 25 heavy (non-hydrogen) atoms. The number of hydrogen-bond acceptors (Lipinski definition) is 2. The zero-order valence-corrected chi connectivity index (χ0v) is 12.4. The predicted molar refractivity (Wildman–Crippen MR) is 67.1 cm³/mol. The highest BCUT2D eigenvalue weighted by atomic mass is 19.4. The van der Waals surface area contributed by atoms with E-state index in [9.17, 15) is 44.3 Å². The van der Waals surface area contributed by atoms with Gasteiger partial charge in [-0.1, -0.05) is 30.3 Å². The predicted octanol–water partition coefficient (Wildman–Crippen LogP) is 4.74. The number of halogens is 9. The first kappa shape index (κ1) is 21.3. The third-order valence-electron chi connectivity index (χ3n) is 3.32. The molecule has 142 valence electrons. The van der Waals surface area contributed by atoms with E-state index in [2.05, 4.69) is 4.74 Å². The number of ether oxygens (including phenoxy) is 1. The van der Waals surface area contributed by atoms with Gasteiger partial charge in [0.25, 0.3) is 0 Å². The fourth-order valence-corrected chi connectivity index (χ4v) is 1.86. The van der Waals surface area contributed by atoms with E-state index >= 15 is 0 Å². The Morgan fingerprint density at radius 1 is 0.920 bits per heavy atom. The monoisotopic (exact) mass is 382 g/mol. The number of benzene rings is 1. The van der Waals surface area contributed by atoms with Crippen LogP contribution in [-0.4, -0.2) is 42.9 Å². The second kappa shape index (κ2) is 6.85. The highest BCUT2D eigenvalue weighted by Crippen LogP contribution is 2.54. The maximum Gasteiger partial charge on any atom is 0.460 e. The summed E-state index contributed by atoms with van der Waals surface area (Å²) in [4.78, 5) is 11.8. The van der Waals surface area contributed by atoms with Crippen LogP contribution in [0.1, 0.15) is 16.8 Å². The van der Waals surface area contributed by atoms with Gasteiger partial charge in [-0.05, 0) is 0 Å². The van der Waals surface area contributed by atoms with Crippen molar-refractivity contribution in [2.75, 3.05) is 7.11 Å². The Labute approximate surface area is 135 Å². The van der Waals surface area contributed by atoms with Crippen LogP contribution in [0.15, 0.2) is 30.3 Å². The highest BCUT2D eigenvalue weighted by Gasteiger charge is 2.83. The van der Waals surface area contributed by atoms with Gasteiger partial charge in [-0.3, -0.25) is 4.79 Å². The Balaban J connectivity index is 3.17. The van der Waals surface area contributed by atoms with Crippen molar-refractivity contribution in [1.29, 1.82) is 0 Å². The molecule has 0 heterocycles. The molecular formula is C14H11F9O2. The van der Waals surface area contributed by atoms with Gasteiger partial charge in [0, 0.05) is 19.1 Å². The molecule has 1 aromatic carbocycles. The molecule has 0 fully saturated rings. The number of alkyl halides is 9. The van der Waals surface area contributed by atoms with Crippen molar-refractivity contribution in [1.82, 2.24) is 0 Å². The number of carbonyl (C=O) groups is 1. The lowest BCUT2D eigenvalue weighted by Gasteiger charge is -2.36. The van der Waals surface area contributed by atoms with Gasteiger partial charge in [0.1, 0.15) is 6.10 Å². The minimum Gasteiger partial charge on any atom is -0.374 e. The van der Waals surface area contributed by atoms with Crippen LogP contribution < -0.4 is 0 Å². The molecule has 1 aromatic rings. The third-order valence-corrected chi connectivity index (χ3v) is 3.32. The smallest absolute Gasteiger partial charge is 0.374 e. The Morgan fingerprint density at radius 3 is 1.80 bits per heavy atom. The van der Waals surface area contributed by atoms with E-state index in [1.165, 1.54) is 18.2 Å². The van der Waals surface area contributed by atoms with Gasteiger partial charge in [0.2, 0.25) is 0 Å². The Bertz CT molecular complexity index is 596. The number of ketones is 1. The Kier molecular flexibility index (Phi) is 5.83. The van der Waals surface area contributed by atoms with E-state index in [1.807, 2.05) is 0 Å². The van der Waals surface area contributed by atoms with Gasteiger partial charge in [0.15, 0.2) is 5.78 Å².